The molecule has 3 heterocycles. The van der Waals surface area contributed by atoms with Crippen molar-refractivity contribution in [3.05, 3.63) is 59.7 Å². The van der Waals surface area contributed by atoms with Crippen LogP contribution in [0.1, 0.15) is 59.9 Å². The fourth-order valence-electron chi connectivity index (χ4n) is 4.85. The highest BCUT2D eigenvalue weighted by atomic mass is 16.1. The van der Waals surface area contributed by atoms with Gasteiger partial charge in [0.15, 0.2) is 0 Å². The van der Waals surface area contributed by atoms with Crippen molar-refractivity contribution in [2.45, 2.75) is 44.7 Å². The third kappa shape index (κ3) is 3.92. The van der Waals surface area contributed by atoms with Gasteiger partial charge in [0.1, 0.15) is 17.0 Å². The normalized spacial score (nSPS) is 18.1. The van der Waals surface area contributed by atoms with Gasteiger partial charge in [0.05, 0.1) is 36.0 Å². The van der Waals surface area contributed by atoms with E-state index in [1.165, 1.54) is 0 Å². The van der Waals surface area contributed by atoms with Crippen molar-refractivity contribution in [1.29, 1.82) is 10.5 Å². The minimum atomic E-state index is -0.208. The molecule has 1 amide bonds. The molecule has 0 aliphatic heterocycles. The minimum absolute atomic E-state index is 0.208. The Morgan fingerprint density at radius 1 is 1.15 bits per heavy atom. The van der Waals surface area contributed by atoms with Crippen molar-refractivity contribution in [3.8, 4) is 12.1 Å². The van der Waals surface area contributed by atoms with E-state index in [0.29, 0.717) is 23.5 Å². The highest BCUT2D eigenvalue weighted by molar-refractivity contribution is 6.01. The molecule has 3 aromatic heterocycles. The summed E-state index contributed by atoms with van der Waals surface area (Å²) in [7, 11) is 0. The number of carbonyl (C=O) groups excluding carboxylic acids is 1. The van der Waals surface area contributed by atoms with Crippen LogP contribution >= 0.6 is 0 Å². The number of aromatic amines is 1. The van der Waals surface area contributed by atoms with Crippen molar-refractivity contribution >= 4 is 28.0 Å². The number of benzene rings is 1. The molecule has 4 aromatic rings. The van der Waals surface area contributed by atoms with E-state index in [-0.39, 0.29) is 18.5 Å². The van der Waals surface area contributed by atoms with Gasteiger partial charge in [-0.1, -0.05) is 0 Å². The number of aromatic nitrogens is 4. The summed E-state index contributed by atoms with van der Waals surface area (Å²) in [6.07, 6.45) is 8.23. The van der Waals surface area contributed by atoms with Crippen molar-refractivity contribution < 1.29 is 4.79 Å². The number of imidazole rings is 1. The van der Waals surface area contributed by atoms with Gasteiger partial charge in [-0.2, -0.15) is 10.5 Å². The standard InChI is InChI=1S/C25H23N7O/c26-11-9-16-3-7-19(8-4-16)32-22(15-30-25(33)18-5-1-17(13-27)2-6-18)31-21-14-29-24-20(23(21)32)10-12-28-24/h1-2,5-6,10,12,14,16,19H,3-4,7-9,15H2,(H,28,29)(H,30,33). The Kier molecular flexibility index (Phi) is 5.50. The Morgan fingerprint density at radius 3 is 2.67 bits per heavy atom. The lowest BCUT2D eigenvalue weighted by molar-refractivity contribution is 0.0949. The first-order valence-electron chi connectivity index (χ1n) is 11.2. The first-order valence-corrected chi connectivity index (χ1v) is 11.2. The van der Waals surface area contributed by atoms with E-state index >= 15 is 0 Å². The van der Waals surface area contributed by atoms with E-state index in [1.54, 1.807) is 30.5 Å². The minimum Gasteiger partial charge on any atom is -0.346 e. The van der Waals surface area contributed by atoms with Crippen LogP contribution in [0.25, 0.3) is 22.1 Å². The molecule has 0 spiro atoms. The first-order chi connectivity index (χ1) is 16.2. The molecule has 164 valence electrons. The third-order valence-corrected chi connectivity index (χ3v) is 6.55. The maximum absolute atomic E-state index is 12.7. The molecule has 0 saturated heterocycles. The fraction of sp³-hybridized carbons (Fsp3) is 0.320. The van der Waals surface area contributed by atoms with Crippen LogP contribution in [0.5, 0.6) is 0 Å². The van der Waals surface area contributed by atoms with E-state index < -0.39 is 0 Å². The molecule has 1 fully saturated rings. The number of nitriles is 2. The smallest absolute Gasteiger partial charge is 0.251 e. The maximum Gasteiger partial charge on any atom is 0.251 e. The lowest BCUT2D eigenvalue weighted by Crippen LogP contribution is -2.26. The van der Waals surface area contributed by atoms with Crippen molar-refractivity contribution in [2.24, 2.45) is 5.92 Å². The van der Waals surface area contributed by atoms with Crippen molar-refractivity contribution in [3.63, 3.8) is 0 Å². The quantitative estimate of drug-likeness (QED) is 0.480. The predicted molar refractivity (Wildman–Crippen MR) is 123 cm³/mol. The molecular weight excluding hydrogens is 414 g/mol. The zero-order valence-electron chi connectivity index (χ0n) is 18.1. The molecule has 5 rings (SSSR count). The highest BCUT2D eigenvalue weighted by Crippen LogP contribution is 2.37. The van der Waals surface area contributed by atoms with Crippen LogP contribution in [-0.2, 0) is 6.54 Å². The molecule has 1 aliphatic carbocycles. The maximum atomic E-state index is 12.7. The molecule has 33 heavy (non-hydrogen) atoms. The molecule has 0 atom stereocenters. The zero-order valence-corrected chi connectivity index (χ0v) is 18.1. The lowest BCUT2D eigenvalue weighted by Gasteiger charge is -2.30. The SMILES string of the molecule is N#CCC1CCC(n2c(CNC(=O)c3ccc(C#N)cc3)nc3cnc4[nH]ccc4c32)CC1. The third-order valence-electron chi connectivity index (χ3n) is 6.55. The summed E-state index contributed by atoms with van der Waals surface area (Å²) in [5.41, 5.74) is 3.68. The number of nitrogens with one attached hydrogen (secondary N) is 2. The lowest BCUT2D eigenvalue weighted by atomic mass is 9.84. The van der Waals surface area contributed by atoms with Gasteiger partial charge in [-0.05, 0) is 61.9 Å². The molecule has 8 heteroatoms. The van der Waals surface area contributed by atoms with Crippen LogP contribution in [0.15, 0.2) is 42.7 Å². The van der Waals surface area contributed by atoms with E-state index in [2.05, 4.69) is 32.0 Å². The molecule has 1 saturated carbocycles. The summed E-state index contributed by atoms with van der Waals surface area (Å²) in [5, 5.41) is 22.0. The van der Waals surface area contributed by atoms with Crippen LogP contribution in [-0.4, -0.2) is 25.4 Å². The van der Waals surface area contributed by atoms with Crippen LogP contribution in [0, 0.1) is 28.6 Å². The second kappa shape index (κ2) is 8.76. The summed E-state index contributed by atoms with van der Waals surface area (Å²) >= 11 is 0. The Balaban J connectivity index is 1.46. The first kappa shape index (κ1) is 20.7. The Hall–Kier alpha value is -4.17. The van der Waals surface area contributed by atoms with Gasteiger partial charge in [-0.15, -0.1) is 0 Å². The summed E-state index contributed by atoms with van der Waals surface area (Å²) < 4.78 is 2.27. The average Bonchev–Trinajstić information content (AvgIpc) is 3.47. The van der Waals surface area contributed by atoms with E-state index in [1.807, 2.05) is 12.3 Å². The van der Waals surface area contributed by atoms with Gasteiger partial charge >= 0.3 is 0 Å². The monoisotopic (exact) mass is 437 g/mol. The van der Waals surface area contributed by atoms with Crippen LogP contribution in [0.4, 0.5) is 0 Å². The second-order valence-electron chi connectivity index (χ2n) is 8.54. The average molecular weight is 438 g/mol. The number of H-pyrrole nitrogens is 1. The van der Waals surface area contributed by atoms with Gasteiger partial charge in [0.25, 0.3) is 5.91 Å². The highest BCUT2D eigenvalue weighted by Gasteiger charge is 2.27. The summed E-state index contributed by atoms with van der Waals surface area (Å²) in [6.45, 7) is 0.289. The number of hydrogen-bond acceptors (Lipinski definition) is 5. The van der Waals surface area contributed by atoms with Gasteiger partial charge in [-0.3, -0.25) is 4.79 Å². The number of nitrogens with zero attached hydrogens (tertiary/aromatic N) is 5. The molecule has 1 aliphatic rings. The Labute approximate surface area is 190 Å². The topological polar surface area (TPSA) is 123 Å². The molecule has 8 nitrogen and oxygen atoms in total. The molecule has 0 unspecified atom stereocenters. The number of hydrogen-bond donors (Lipinski definition) is 2. The fourth-order valence-corrected chi connectivity index (χ4v) is 4.85. The number of fused-ring (bicyclic) bond motifs is 3. The van der Waals surface area contributed by atoms with E-state index in [0.717, 1.165) is 53.6 Å². The Bertz CT molecular complexity index is 1390. The predicted octanol–water partition coefficient (Wildman–Crippen LogP) is 4.36. The molecular formula is C25H23N7O. The number of pyridine rings is 1. The number of amides is 1. The molecule has 0 radical (unpaired) electrons. The molecule has 0 bridgehead atoms. The van der Waals surface area contributed by atoms with Crippen LogP contribution in [0.2, 0.25) is 0 Å². The summed E-state index contributed by atoms with van der Waals surface area (Å²) in [4.78, 5) is 25.2. The molecule has 1 aromatic carbocycles. The van der Waals surface area contributed by atoms with E-state index in [4.69, 9.17) is 15.5 Å². The van der Waals surface area contributed by atoms with E-state index in [9.17, 15) is 4.79 Å². The largest absolute Gasteiger partial charge is 0.346 e. The van der Waals surface area contributed by atoms with Crippen LogP contribution < -0.4 is 5.32 Å². The molecule has 2 N–H and O–H groups in total. The van der Waals surface area contributed by atoms with Crippen molar-refractivity contribution in [2.75, 3.05) is 0 Å². The summed E-state index contributed by atoms with van der Waals surface area (Å²) in [6, 6.07) is 13.2. The van der Waals surface area contributed by atoms with Crippen molar-refractivity contribution in [1.82, 2.24) is 24.8 Å². The van der Waals surface area contributed by atoms with Gasteiger partial charge in [0, 0.05) is 29.6 Å². The zero-order chi connectivity index (χ0) is 22.8. The Morgan fingerprint density at radius 2 is 1.94 bits per heavy atom. The van der Waals surface area contributed by atoms with Gasteiger partial charge < -0.3 is 14.9 Å². The van der Waals surface area contributed by atoms with Crippen LogP contribution in [0.3, 0.4) is 0 Å². The number of carbonyl (C=O) groups is 1. The number of rotatable bonds is 5. The second-order valence-corrected chi connectivity index (χ2v) is 8.54. The van der Waals surface area contributed by atoms with Gasteiger partial charge in [-0.25, -0.2) is 9.97 Å². The van der Waals surface area contributed by atoms with Gasteiger partial charge in [0.2, 0.25) is 0 Å². The summed E-state index contributed by atoms with van der Waals surface area (Å²) in [5.74, 6) is 1.04.